The Hall–Kier alpha value is -0.540. The molecule has 0 radical (unpaired) electrons. The normalized spacial score (nSPS) is 24.8. The summed E-state index contributed by atoms with van der Waals surface area (Å²) in [6, 6.07) is 5.00. The fourth-order valence-corrected chi connectivity index (χ4v) is 4.25. The summed E-state index contributed by atoms with van der Waals surface area (Å²) in [5.41, 5.74) is 2.45. The van der Waals surface area contributed by atoms with Crippen LogP contribution in [0, 0.1) is 13.8 Å². The molecule has 1 aliphatic rings. The molecule has 0 spiro atoms. The summed E-state index contributed by atoms with van der Waals surface area (Å²) < 4.78 is 0. The maximum absolute atomic E-state index is 4.66. The molecule has 0 aromatic carbocycles. The molecule has 2 unspecified atom stereocenters. The van der Waals surface area contributed by atoms with Crippen molar-refractivity contribution < 1.29 is 0 Å². The second-order valence-electron chi connectivity index (χ2n) is 5.31. The van der Waals surface area contributed by atoms with E-state index in [2.05, 4.69) is 43.3 Å². The molecule has 1 fully saturated rings. The molecule has 2 nitrogen and oxygen atoms in total. The molecular weight excluding hydrogens is 240 g/mol. The van der Waals surface area contributed by atoms with Crippen molar-refractivity contribution in [1.29, 1.82) is 0 Å². The van der Waals surface area contributed by atoms with E-state index in [4.69, 9.17) is 0 Å². The summed E-state index contributed by atoms with van der Waals surface area (Å²) in [6.45, 7) is 4.24. The number of aryl methyl sites for hydroxylation is 2. The van der Waals surface area contributed by atoms with Gasteiger partial charge in [0, 0.05) is 17.0 Å². The van der Waals surface area contributed by atoms with Crippen LogP contribution in [0.3, 0.4) is 0 Å². The zero-order chi connectivity index (χ0) is 13.0. The quantitative estimate of drug-likeness (QED) is 0.842. The molecule has 2 atom stereocenters. The van der Waals surface area contributed by atoms with Gasteiger partial charge in [0.2, 0.25) is 0 Å². The number of nitrogens with one attached hydrogen (secondary N) is 1. The summed E-state index contributed by atoms with van der Waals surface area (Å²) in [5.74, 6) is 0. The molecule has 0 aliphatic heterocycles. The summed E-state index contributed by atoms with van der Waals surface area (Å²) >= 11 is 1.97. The van der Waals surface area contributed by atoms with Gasteiger partial charge in [-0.25, -0.2) is 4.98 Å². The van der Waals surface area contributed by atoms with Gasteiger partial charge < -0.3 is 5.32 Å². The maximum atomic E-state index is 4.66. The Morgan fingerprint density at radius 1 is 1.17 bits per heavy atom. The average molecular weight is 264 g/mol. The second-order valence-corrected chi connectivity index (χ2v) is 6.57. The minimum absolute atomic E-state index is 0.639. The van der Waals surface area contributed by atoms with Crippen molar-refractivity contribution in [3.63, 3.8) is 0 Å². The second kappa shape index (κ2) is 6.58. The number of hydrogen-bond donors (Lipinski definition) is 1. The SMILES string of the molecule is CNC1CCCCCC1Sc1cc(C)cc(C)n1. The fourth-order valence-electron chi connectivity index (χ4n) is 2.76. The van der Waals surface area contributed by atoms with Gasteiger partial charge in [-0.3, -0.25) is 0 Å². The Balaban J connectivity index is 2.09. The summed E-state index contributed by atoms with van der Waals surface area (Å²) in [5, 5.41) is 5.36. The number of aromatic nitrogens is 1. The van der Waals surface area contributed by atoms with Crippen molar-refractivity contribution in [2.45, 2.75) is 62.3 Å². The fraction of sp³-hybridized carbons (Fsp3) is 0.667. The lowest BCUT2D eigenvalue weighted by atomic mass is 10.1. The van der Waals surface area contributed by atoms with Crippen LogP contribution in [0.25, 0.3) is 0 Å². The third-order valence-electron chi connectivity index (χ3n) is 3.67. The summed E-state index contributed by atoms with van der Waals surface area (Å²) in [6.07, 6.45) is 6.73. The number of pyridine rings is 1. The number of thioether (sulfide) groups is 1. The third-order valence-corrected chi connectivity index (χ3v) is 4.99. The van der Waals surface area contributed by atoms with Crippen molar-refractivity contribution >= 4 is 11.8 Å². The van der Waals surface area contributed by atoms with Crippen LogP contribution in [0.4, 0.5) is 0 Å². The smallest absolute Gasteiger partial charge is 0.0968 e. The molecule has 0 saturated heterocycles. The molecule has 0 bridgehead atoms. The van der Waals surface area contributed by atoms with Gasteiger partial charge in [-0.05, 0) is 51.4 Å². The van der Waals surface area contributed by atoms with Gasteiger partial charge in [-0.15, -0.1) is 11.8 Å². The molecule has 1 aromatic rings. The molecule has 2 rings (SSSR count). The Morgan fingerprint density at radius 2 is 1.94 bits per heavy atom. The van der Waals surface area contributed by atoms with E-state index in [0.29, 0.717) is 11.3 Å². The van der Waals surface area contributed by atoms with Crippen LogP contribution in [0.2, 0.25) is 0 Å². The van der Waals surface area contributed by atoms with Gasteiger partial charge >= 0.3 is 0 Å². The topological polar surface area (TPSA) is 24.9 Å². The van der Waals surface area contributed by atoms with Crippen LogP contribution in [0.1, 0.15) is 43.4 Å². The molecular formula is C15H24N2S. The van der Waals surface area contributed by atoms with Crippen molar-refractivity contribution in [3.8, 4) is 0 Å². The Morgan fingerprint density at radius 3 is 2.67 bits per heavy atom. The van der Waals surface area contributed by atoms with Crippen LogP contribution in [0.15, 0.2) is 17.2 Å². The van der Waals surface area contributed by atoms with Crippen molar-refractivity contribution in [3.05, 3.63) is 23.4 Å². The molecule has 100 valence electrons. The van der Waals surface area contributed by atoms with Crippen molar-refractivity contribution in [2.24, 2.45) is 0 Å². The number of hydrogen-bond acceptors (Lipinski definition) is 3. The monoisotopic (exact) mass is 264 g/mol. The van der Waals surface area contributed by atoms with Crippen LogP contribution < -0.4 is 5.32 Å². The van der Waals surface area contributed by atoms with Crippen LogP contribution in [0.5, 0.6) is 0 Å². The highest BCUT2D eigenvalue weighted by Gasteiger charge is 2.23. The Kier molecular flexibility index (Phi) is 5.07. The zero-order valence-electron chi connectivity index (χ0n) is 11.7. The first kappa shape index (κ1) is 13.9. The lowest BCUT2D eigenvalue weighted by Crippen LogP contribution is -2.34. The Labute approximate surface area is 115 Å². The highest BCUT2D eigenvalue weighted by atomic mass is 32.2. The largest absolute Gasteiger partial charge is 0.316 e. The zero-order valence-corrected chi connectivity index (χ0v) is 12.5. The van der Waals surface area contributed by atoms with Gasteiger partial charge in [0.15, 0.2) is 0 Å². The van der Waals surface area contributed by atoms with Gasteiger partial charge in [-0.2, -0.15) is 0 Å². The number of nitrogens with zero attached hydrogens (tertiary/aromatic N) is 1. The molecule has 1 aromatic heterocycles. The maximum Gasteiger partial charge on any atom is 0.0968 e. The minimum Gasteiger partial charge on any atom is -0.316 e. The van der Waals surface area contributed by atoms with Crippen molar-refractivity contribution in [2.75, 3.05) is 7.05 Å². The third kappa shape index (κ3) is 3.72. The van der Waals surface area contributed by atoms with Crippen molar-refractivity contribution in [1.82, 2.24) is 10.3 Å². The van der Waals surface area contributed by atoms with Gasteiger partial charge in [0.1, 0.15) is 0 Å². The predicted octanol–water partition coefficient (Wildman–Crippen LogP) is 3.71. The molecule has 1 aliphatic carbocycles. The highest BCUT2D eigenvalue weighted by molar-refractivity contribution is 7.99. The van der Waals surface area contributed by atoms with E-state index in [0.717, 1.165) is 5.69 Å². The van der Waals surface area contributed by atoms with E-state index >= 15 is 0 Å². The first-order valence-electron chi connectivity index (χ1n) is 6.98. The molecule has 1 N–H and O–H groups in total. The van der Waals surface area contributed by atoms with Crippen LogP contribution in [-0.2, 0) is 0 Å². The first-order valence-corrected chi connectivity index (χ1v) is 7.86. The first-order chi connectivity index (χ1) is 8.69. The van der Waals surface area contributed by atoms with E-state index in [9.17, 15) is 0 Å². The molecule has 18 heavy (non-hydrogen) atoms. The van der Waals surface area contributed by atoms with Crippen LogP contribution in [-0.4, -0.2) is 23.3 Å². The molecule has 3 heteroatoms. The lowest BCUT2D eigenvalue weighted by molar-refractivity contribution is 0.510. The van der Waals surface area contributed by atoms with Gasteiger partial charge in [-0.1, -0.05) is 19.3 Å². The van der Waals surface area contributed by atoms with E-state index < -0.39 is 0 Å². The lowest BCUT2D eigenvalue weighted by Gasteiger charge is -2.24. The molecule has 1 saturated carbocycles. The van der Waals surface area contributed by atoms with Gasteiger partial charge in [0.05, 0.1) is 5.03 Å². The minimum atomic E-state index is 0.639. The van der Waals surface area contributed by atoms with E-state index in [1.54, 1.807) is 0 Å². The Bertz CT molecular complexity index is 372. The summed E-state index contributed by atoms with van der Waals surface area (Å²) in [7, 11) is 2.10. The van der Waals surface area contributed by atoms with Gasteiger partial charge in [0.25, 0.3) is 0 Å². The van der Waals surface area contributed by atoms with Crippen LogP contribution >= 0.6 is 11.8 Å². The molecule has 0 amide bonds. The predicted molar refractivity (Wildman–Crippen MR) is 79.3 cm³/mol. The van der Waals surface area contributed by atoms with E-state index in [-0.39, 0.29) is 0 Å². The number of rotatable bonds is 3. The standard InChI is InChI=1S/C15H24N2S/c1-11-9-12(2)17-15(10-11)18-14-8-6-4-5-7-13(14)16-3/h9-10,13-14,16H,4-8H2,1-3H3. The summed E-state index contributed by atoms with van der Waals surface area (Å²) in [4.78, 5) is 4.66. The highest BCUT2D eigenvalue weighted by Crippen LogP contribution is 2.32. The van der Waals surface area contributed by atoms with E-state index in [1.165, 1.54) is 42.7 Å². The molecule has 1 heterocycles. The average Bonchev–Trinajstić information content (AvgIpc) is 2.52. The van der Waals surface area contributed by atoms with E-state index in [1.807, 2.05) is 11.8 Å².